The second kappa shape index (κ2) is 7.44. The monoisotopic (exact) mass is 324 g/mol. The number of hydrogen-bond donors (Lipinski definition) is 1. The van der Waals surface area contributed by atoms with E-state index >= 15 is 0 Å². The molecule has 0 saturated carbocycles. The van der Waals surface area contributed by atoms with Crippen LogP contribution < -0.4 is 5.32 Å². The number of amides is 2. The fourth-order valence-corrected chi connectivity index (χ4v) is 3.79. The van der Waals surface area contributed by atoms with Gasteiger partial charge in [-0.05, 0) is 41.1 Å². The number of ether oxygens (including phenoxy) is 2. The molecule has 0 aromatic carbocycles. The number of hydrogen-bond acceptors (Lipinski definition) is 4. The molecule has 6 heteroatoms. The number of carbonyl (C=O) groups is 1. The summed E-state index contributed by atoms with van der Waals surface area (Å²) in [6, 6.07) is 2.12. The Balaban J connectivity index is 1.47. The van der Waals surface area contributed by atoms with Gasteiger partial charge in [-0.15, -0.1) is 0 Å². The summed E-state index contributed by atoms with van der Waals surface area (Å²) in [4.78, 5) is 14.2. The molecule has 1 aromatic heterocycles. The third kappa shape index (κ3) is 3.80. The van der Waals surface area contributed by atoms with E-state index < -0.39 is 0 Å². The molecular formula is C16H24N2O3S. The summed E-state index contributed by atoms with van der Waals surface area (Å²) >= 11 is 1.69. The molecule has 0 aliphatic carbocycles. The normalized spacial score (nSPS) is 26.9. The van der Waals surface area contributed by atoms with Gasteiger partial charge in [0.25, 0.3) is 0 Å². The van der Waals surface area contributed by atoms with Crippen LogP contribution in [-0.2, 0) is 9.47 Å². The lowest BCUT2D eigenvalue weighted by Crippen LogP contribution is -2.53. The van der Waals surface area contributed by atoms with Crippen molar-refractivity contribution in [3.8, 4) is 0 Å². The maximum atomic E-state index is 12.4. The van der Waals surface area contributed by atoms with E-state index in [1.54, 1.807) is 11.3 Å². The molecule has 122 valence electrons. The first-order valence-corrected chi connectivity index (χ1v) is 8.96. The van der Waals surface area contributed by atoms with Crippen LogP contribution in [0.25, 0.3) is 0 Å². The summed E-state index contributed by atoms with van der Waals surface area (Å²) in [5.74, 6) is 0.338. The fourth-order valence-electron chi connectivity index (χ4n) is 3.01. The largest absolute Gasteiger partial charge is 0.375 e. The van der Waals surface area contributed by atoms with E-state index in [9.17, 15) is 4.79 Å². The van der Waals surface area contributed by atoms with Crippen LogP contribution >= 0.6 is 11.3 Å². The van der Waals surface area contributed by atoms with Crippen molar-refractivity contribution in [2.45, 2.75) is 37.9 Å². The van der Waals surface area contributed by atoms with Crippen molar-refractivity contribution in [1.29, 1.82) is 0 Å². The smallest absolute Gasteiger partial charge is 0.317 e. The van der Waals surface area contributed by atoms with Gasteiger partial charge in [0, 0.05) is 19.7 Å². The van der Waals surface area contributed by atoms with Crippen LogP contribution in [0.3, 0.4) is 0 Å². The summed E-state index contributed by atoms with van der Waals surface area (Å²) in [6.45, 7) is 5.49. The van der Waals surface area contributed by atoms with Crippen molar-refractivity contribution < 1.29 is 14.3 Å². The maximum Gasteiger partial charge on any atom is 0.317 e. The van der Waals surface area contributed by atoms with Gasteiger partial charge in [0.05, 0.1) is 19.3 Å². The molecule has 3 rings (SSSR count). The van der Waals surface area contributed by atoms with E-state index in [2.05, 4.69) is 29.1 Å². The Morgan fingerprint density at radius 2 is 2.32 bits per heavy atom. The molecule has 5 nitrogen and oxygen atoms in total. The predicted molar refractivity (Wildman–Crippen MR) is 86.4 cm³/mol. The summed E-state index contributed by atoms with van der Waals surface area (Å²) in [5.41, 5.74) is 1.28. The highest BCUT2D eigenvalue weighted by atomic mass is 32.1. The Morgan fingerprint density at radius 1 is 1.45 bits per heavy atom. The highest BCUT2D eigenvalue weighted by Gasteiger charge is 2.32. The number of nitrogens with one attached hydrogen (secondary N) is 1. The van der Waals surface area contributed by atoms with Gasteiger partial charge in [-0.3, -0.25) is 0 Å². The Bertz CT molecular complexity index is 474. The lowest BCUT2D eigenvalue weighted by atomic mass is 10.1. The minimum atomic E-state index is 0.00776. The molecule has 2 saturated heterocycles. The molecule has 3 heterocycles. The van der Waals surface area contributed by atoms with Crippen molar-refractivity contribution in [1.82, 2.24) is 10.2 Å². The van der Waals surface area contributed by atoms with E-state index in [1.165, 1.54) is 5.56 Å². The Kier molecular flexibility index (Phi) is 5.33. The van der Waals surface area contributed by atoms with Gasteiger partial charge in [-0.2, -0.15) is 11.3 Å². The molecule has 2 fully saturated rings. The highest BCUT2D eigenvalue weighted by molar-refractivity contribution is 7.07. The molecule has 3 atom stereocenters. The summed E-state index contributed by atoms with van der Waals surface area (Å²) < 4.78 is 11.5. The number of carbonyl (C=O) groups excluding carboxylic acids is 1. The van der Waals surface area contributed by atoms with Gasteiger partial charge in [0.15, 0.2) is 0 Å². The standard InChI is InChI=1S/C16H24N2O3S/c1-12(13-4-8-22-11-13)9-17-16(19)18-5-7-21-15(10-18)14-3-2-6-20-14/h4,8,11-12,14-15H,2-3,5-7,9-10H2,1H3,(H,17,19)/t12-,14-,15-/m1/s1. The molecule has 0 radical (unpaired) electrons. The van der Waals surface area contributed by atoms with Crippen LogP contribution in [0.2, 0.25) is 0 Å². The zero-order chi connectivity index (χ0) is 15.4. The molecule has 0 bridgehead atoms. The number of nitrogens with zero attached hydrogens (tertiary/aromatic N) is 1. The summed E-state index contributed by atoms with van der Waals surface area (Å²) in [7, 11) is 0. The van der Waals surface area contributed by atoms with Gasteiger partial charge in [-0.1, -0.05) is 6.92 Å². The minimum absolute atomic E-state index is 0.00776. The lowest BCUT2D eigenvalue weighted by Gasteiger charge is -2.35. The lowest BCUT2D eigenvalue weighted by molar-refractivity contribution is -0.0848. The Hall–Kier alpha value is -1.11. The van der Waals surface area contributed by atoms with Gasteiger partial charge >= 0.3 is 6.03 Å². The van der Waals surface area contributed by atoms with E-state index in [4.69, 9.17) is 9.47 Å². The SMILES string of the molecule is C[C@H](CNC(=O)N1CCO[C@@H]([C@H]2CCCO2)C1)c1ccsc1. The van der Waals surface area contributed by atoms with Crippen LogP contribution in [0.15, 0.2) is 16.8 Å². The molecule has 2 aliphatic rings. The molecular weight excluding hydrogens is 300 g/mol. The number of thiophene rings is 1. The minimum Gasteiger partial charge on any atom is -0.375 e. The molecule has 22 heavy (non-hydrogen) atoms. The van der Waals surface area contributed by atoms with Gasteiger partial charge in [-0.25, -0.2) is 4.79 Å². The quantitative estimate of drug-likeness (QED) is 0.925. The summed E-state index contributed by atoms with van der Waals surface area (Å²) in [5, 5.41) is 7.26. The molecule has 1 aromatic rings. The maximum absolute atomic E-state index is 12.4. The average Bonchev–Trinajstić information content (AvgIpc) is 3.25. The summed E-state index contributed by atoms with van der Waals surface area (Å²) in [6.07, 6.45) is 2.31. The van der Waals surface area contributed by atoms with Gasteiger partial charge < -0.3 is 19.7 Å². The van der Waals surface area contributed by atoms with Crippen molar-refractivity contribution in [3.05, 3.63) is 22.4 Å². The van der Waals surface area contributed by atoms with Crippen LogP contribution in [0.1, 0.15) is 31.2 Å². The second-order valence-electron chi connectivity index (χ2n) is 6.05. The first-order chi connectivity index (χ1) is 10.7. The van der Waals surface area contributed by atoms with Gasteiger partial charge in [0.1, 0.15) is 6.10 Å². The topological polar surface area (TPSA) is 50.8 Å². The first kappa shape index (κ1) is 15.8. The third-order valence-corrected chi connectivity index (χ3v) is 5.13. The van der Waals surface area contributed by atoms with Crippen LogP contribution in [-0.4, -0.2) is 56.0 Å². The van der Waals surface area contributed by atoms with Crippen molar-refractivity contribution in [2.24, 2.45) is 0 Å². The van der Waals surface area contributed by atoms with E-state index in [-0.39, 0.29) is 18.2 Å². The van der Waals surface area contributed by atoms with Crippen LogP contribution in [0.4, 0.5) is 4.79 Å². The molecule has 0 unspecified atom stereocenters. The Morgan fingerprint density at radius 3 is 3.05 bits per heavy atom. The first-order valence-electron chi connectivity index (χ1n) is 8.02. The Labute approximate surface area is 135 Å². The zero-order valence-corrected chi connectivity index (χ0v) is 13.8. The average molecular weight is 324 g/mol. The molecule has 2 amide bonds. The van der Waals surface area contributed by atoms with Crippen LogP contribution in [0, 0.1) is 0 Å². The van der Waals surface area contributed by atoms with Crippen molar-refractivity contribution in [2.75, 3.05) is 32.8 Å². The van der Waals surface area contributed by atoms with E-state index in [1.807, 2.05) is 4.90 Å². The van der Waals surface area contributed by atoms with E-state index in [0.717, 1.165) is 19.4 Å². The van der Waals surface area contributed by atoms with Crippen LogP contribution in [0.5, 0.6) is 0 Å². The van der Waals surface area contributed by atoms with Crippen molar-refractivity contribution >= 4 is 17.4 Å². The molecule has 2 aliphatic heterocycles. The zero-order valence-electron chi connectivity index (χ0n) is 13.0. The molecule has 0 spiro atoms. The van der Waals surface area contributed by atoms with E-state index in [0.29, 0.717) is 32.2 Å². The third-order valence-electron chi connectivity index (χ3n) is 4.43. The predicted octanol–water partition coefficient (Wildman–Crippen LogP) is 2.44. The number of rotatable bonds is 4. The second-order valence-corrected chi connectivity index (χ2v) is 6.83. The number of morpholine rings is 1. The number of urea groups is 1. The van der Waals surface area contributed by atoms with Crippen molar-refractivity contribution in [3.63, 3.8) is 0 Å². The molecule has 1 N–H and O–H groups in total. The van der Waals surface area contributed by atoms with Gasteiger partial charge in [0.2, 0.25) is 0 Å². The highest BCUT2D eigenvalue weighted by Crippen LogP contribution is 2.21. The fraction of sp³-hybridized carbons (Fsp3) is 0.688.